The van der Waals surface area contributed by atoms with Gasteiger partial charge >= 0.3 is 6.18 Å². The summed E-state index contributed by atoms with van der Waals surface area (Å²) >= 11 is 0. The van der Waals surface area contributed by atoms with Gasteiger partial charge in [0.05, 0.1) is 0 Å². The van der Waals surface area contributed by atoms with Crippen molar-refractivity contribution < 1.29 is 22.7 Å². The van der Waals surface area contributed by atoms with E-state index in [4.69, 9.17) is 5.11 Å². The van der Waals surface area contributed by atoms with Crippen molar-refractivity contribution in [3.63, 3.8) is 0 Å². The molecule has 1 nitrogen and oxygen atoms in total. The largest absolute Gasteiger partial charge is 0.418 e. The van der Waals surface area contributed by atoms with E-state index in [9.17, 15) is 17.6 Å². The molecule has 0 saturated carbocycles. The lowest BCUT2D eigenvalue weighted by Gasteiger charge is -2.16. The first kappa shape index (κ1) is 13.0. The van der Waals surface area contributed by atoms with Gasteiger partial charge in [0, 0.05) is 0 Å². The molecule has 16 heavy (non-hydrogen) atoms. The highest BCUT2D eigenvalue weighted by Crippen LogP contribution is 2.33. The van der Waals surface area contributed by atoms with Crippen molar-refractivity contribution in [1.29, 1.82) is 0 Å². The predicted octanol–water partition coefficient (Wildman–Crippen LogP) is 3.54. The Kier molecular flexibility index (Phi) is 3.57. The summed E-state index contributed by atoms with van der Waals surface area (Å²) in [5, 5.41) is 9.00. The third-order valence-electron chi connectivity index (χ3n) is 2.23. The summed E-state index contributed by atoms with van der Waals surface area (Å²) in [7, 11) is 0. The van der Waals surface area contributed by atoms with E-state index in [1.807, 2.05) is 0 Å². The third-order valence-corrected chi connectivity index (χ3v) is 2.23. The molecule has 1 aromatic carbocycles. The first-order valence-corrected chi connectivity index (χ1v) is 4.77. The summed E-state index contributed by atoms with van der Waals surface area (Å²) in [4.78, 5) is 0. The average Bonchev–Trinajstić information content (AvgIpc) is 2.14. The molecule has 1 N–H and O–H groups in total. The fourth-order valence-electron chi connectivity index (χ4n) is 1.32. The van der Waals surface area contributed by atoms with Crippen LogP contribution < -0.4 is 0 Å². The van der Waals surface area contributed by atoms with E-state index in [-0.39, 0.29) is 5.92 Å². The number of aliphatic hydroxyl groups is 1. The summed E-state index contributed by atoms with van der Waals surface area (Å²) < 4.78 is 49.7. The molecule has 1 unspecified atom stereocenters. The van der Waals surface area contributed by atoms with Crippen molar-refractivity contribution in [2.75, 3.05) is 0 Å². The third kappa shape index (κ3) is 2.95. The first-order chi connectivity index (χ1) is 7.21. The van der Waals surface area contributed by atoms with E-state index >= 15 is 0 Å². The molecule has 0 heterocycles. The zero-order valence-electron chi connectivity index (χ0n) is 8.85. The molecular formula is C11H12F4O. The van der Waals surface area contributed by atoms with Gasteiger partial charge < -0.3 is 5.11 Å². The second-order valence-corrected chi connectivity index (χ2v) is 3.92. The number of hydrogen-bond donors (Lipinski definition) is 1. The highest BCUT2D eigenvalue weighted by atomic mass is 19.4. The van der Waals surface area contributed by atoms with Crippen LogP contribution >= 0.6 is 0 Å². The number of halogens is 4. The van der Waals surface area contributed by atoms with Crippen LogP contribution in [0.3, 0.4) is 0 Å². The normalized spacial score (nSPS) is 14.2. The van der Waals surface area contributed by atoms with E-state index in [1.165, 1.54) is 6.07 Å². The predicted molar refractivity (Wildman–Crippen MR) is 51.5 cm³/mol. The van der Waals surface area contributed by atoms with Crippen molar-refractivity contribution in [2.24, 2.45) is 0 Å². The van der Waals surface area contributed by atoms with E-state index in [0.717, 1.165) is 6.07 Å². The molecule has 5 heteroatoms. The molecule has 0 fully saturated rings. The van der Waals surface area contributed by atoms with Crippen LogP contribution in [0.25, 0.3) is 0 Å². The van der Waals surface area contributed by atoms with E-state index in [1.54, 1.807) is 13.8 Å². The maximum absolute atomic E-state index is 13.1. The van der Waals surface area contributed by atoms with E-state index in [2.05, 4.69) is 0 Å². The Morgan fingerprint density at radius 3 is 2.00 bits per heavy atom. The van der Waals surface area contributed by atoms with Crippen LogP contribution in [0.15, 0.2) is 18.2 Å². The second-order valence-electron chi connectivity index (χ2n) is 3.92. The van der Waals surface area contributed by atoms with Crippen molar-refractivity contribution in [2.45, 2.75) is 32.0 Å². The van der Waals surface area contributed by atoms with Gasteiger partial charge in [0.15, 0.2) is 6.10 Å². The molecule has 1 rings (SSSR count). The van der Waals surface area contributed by atoms with Crippen LogP contribution in [-0.2, 0) is 0 Å². The Bertz CT molecular complexity index is 371. The fourth-order valence-corrected chi connectivity index (χ4v) is 1.32. The molecule has 0 saturated heterocycles. The Morgan fingerprint density at radius 2 is 1.56 bits per heavy atom. The molecule has 0 radical (unpaired) electrons. The van der Waals surface area contributed by atoms with Crippen LogP contribution in [0.4, 0.5) is 17.6 Å². The summed E-state index contributed by atoms with van der Waals surface area (Å²) in [5.74, 6) is -0.876. The van der Waals surface area contributed by atoms with Crippen LogP contribution in [0.5, 0.6) is 0 Å². The summed E-state index contributed by atoms with van der Waals surface area (Å²) in [6.07, 6.45) is -7.41. The van der Waals surface area contributed by atoms with Gasteiger partial charge in [0.1, 0.15) is 5.82 Å². The summed E-state index contributed by atoms with van der Waals surface area (Å²) in [6, 6.07) is 3.03. The number of hydrogen-bond acceptors (Lipinski definition) is 1. The molecule has 0 spiro atoms. The standard InChI is InChI=1S/C11H12F4O/c1-6(2)7-3-8(5-9(12)4-7)10(16)11(13,14)15/h3-6,10,16H,1-2H3. The van der Waals surface area contributed by atoms with Crippen molar-refractivity contribution in [1.82, 2.24) is 0 Å². The lowest BCUT2D eigenvalue weighted by atomic mass is 9.98. The van der Waals surface area contributed by atoms with Crippen molar-refractivity contribution >= 4 is 0 Å². The van der Waals surface area contributed by atoms with Gasteiger partial charge in [-0.2, -0.15) is 13.2 Å². The molecule has 0 aromatic heterocycles. The molecular weight excluding hydrogens is 224 g/mol. The molecule has 0 aliphatic carbocycles. The number of rotatable bonds is 2. The average molecular weight is 236 g/mol. The minimum Gasteiger partial charge on any atom is -0.379 e. The van der Waals surface area contributed by atoms with Crippen LogP contribution in [0.2, 0.25) is 0 Å². The van der Waals surface area contributed by atoms with E-state index in [0.29, 0.717) is 11.6 Å². The Labute approximate surface area is 90.7 Å². The summed E-state index contributed by atoms with van der Waals surface area (Å²) in [6.45, 7) is 3.47. The number of aliphatic hydroxyl groups excluding tert-OH is 1. The Morgan fingerprint density at radius 1 is 1.06 bits per heavy atom. The zero-order chi connectivity index (χ0) is 12.5. The molecule has 90 valence electrons. The molecule has 0 bridgehead atoms. The van der Waals surface area contributed by atoms with E-state index < -0.39 is 23.7 Å². The highest BCUT2D eigenvalue weighted by Gasteiger charge is 2.39. The van der Waals surface area contributed by atoms with Gasteiger partial charge in [-0.05, 0) is 29.2 Å². The van der Waals surface area contributed by atoms with Crippen LogP contribution in [0.1, 0.15) is 37.0 Å². The minimum atomic E-state index is -4.78. The molecule has 0 aliphatic heterocycles. The number of benzene rings is 1. The lowest BCUT2D eigenvalue weighted by Crippen LogP contribution is -2.20. The van der Waals surface area contributed by atoms with Gasteiger partial charge in [0.25, 0.3) is 0 Å². The maximum Gasteiger partial charge on any atom is 0.418 e. The second kappa shape index (κ2) is 4.41. The van der Waals surface area contributed by atoms with Gasteiger partial charge in [-0.25, -0.2) is 4.39 Å². The minimum absolute atomic E-state index is 0.102. The fraction of sp³-hybridized carbons (Fsp3) is 0.455. The highest BCUT2D eigenvalue weighted by molar-refractivity contribution is 5.29. The quantitative estimate of drug-likeness (QED) is 0.778. The smallest absolute Gasteiger partial charge is 0.379 e. The molecule has 0 aliphatic rings. The molecule has 0 amide bonds. The van der Waals surface area contributed by atoms with Gasteiger partial charge in [0.2, 0.25) is 0 Å². The summed E-state index contributed by atoms with van der Waals surface area (Å²) in [5.41, 5.74) is -0.0329. The van der Waals surface area contributed by atoms with Crippen molar-refractivity contribution in [3.05, 3.63) is 35.1 Å². The van der Waals surface area contributed by atoms with Crippen LogP contribution in [0, 0.1) is 5.82 Å². The van der Waals surface area contributed by atoms with Crippen LogP contribution in [-0.4, -0.2) is 11.3 Å². The van der Waals surface area contributed by atoms with Gasteiger partial charge in [-0.3, -0.25) is 0 Å². The zero-order valence-corrected chi connectivity index (χ0v) is 8.85. The Hall–Kier alpha value is -1.10. The SMILES string of the molecule is CC(C)c1cc(F)cc(C(O)C(F)(F)F)c1. The van der Waals surface area contributed by atoms with Gasteiger partial charge in [-0.1, -0.05) is 19.9 Å². The van der Waals surface area contributed by atoms with Gasteiger partial charge in [-0.15, -0.1) is 0 Å². The Balaban J connectivity index is 3.15. The monoisotopic (exact) mass is 236 g/mol. The molecule has 1 aromatic rings. The van der Waals surface area contributed by atoms with Crippen molar-refractivity contribution in [3.8, 4) is 0 Å². The maximum atomic E-state index is 13.1. The number of alkyl halides is 3. The topological polar surface area (TPSA) is 20.2 Å². The molecule has 1 atom stereocenters. The first-order valence-electron chi connectivity index (χ1n) is 4.77. The lowest BCUT2D eigenvalue weighted by molar-refractivity contribution is -0.206.